The normalized spacial score (nSPS) is 21.0. The first-order chi connectivity index (χ1) is 25.9. The van der Waals surface area contributed by atoms with Crippen LogP contribution in [0.25, 0.3) is 11.2 Å². The van der Waals surface area contributed by atoms with Crippen LogP contribution in [0.1, 0.15) is 143 Å². The van der Waals surface area contributed by atoms with E-state index in [2.05, 4.69) is 51.8 Å². The average Bonchev–Trinajstić information content (AvgIpc) is 3.70. The molecule has 7 atom stereocenters. The lowest BCUT2D eigenvalue weighted by molar-refractivity contribution is -0.0424. The van der Waals surface area contributed by atoms with Crippen LogP contribution in [0, 0.1) is 0 Å². The molecule has 312 valence electrons. The molecule has 1 saturated heterocycles. The number of aliphatic hydroxyl groups excluding tert-OH is 1. The largest absolute Gasteiger partial charge is 0.481 e. The van der Waals surface area contributed by atoms with E-state index in [1.807, 2.05) is 11.8 Å². The maximum Gasteiger partial charge on any atom is 0.481 e. The highest BCUT2D eigenvalue weighted by Crippen LogP contribution is 2.60. The zero-order chi connectivity index (χ0) is 39.4. The molecule has 1 aliphatic rings. The van der Waals surface area contributed by atoms with Crippen molar-refractivity contribution in [2.45, 2.75) is 165 Å². The van der Waals surface area contributed by atoms with E-state index in [1.165, 1.54) is 119 Å². The summed E-state index contributed by atoms with van der Waals surface area (Å²) >= 11 is 9.84. The Morgan fingerprint density at radius 2 is 1.50 bits per heavy atom. The Morgan fingerprint density at radius 1 is 0.907 bits per heavy atom. The number of anilines is 1. The van der Waals surface area contributed by atoms with Gasteiger partial charge in [0.05, 0.1) is 25.6 Å². The Kier molecular flexibility index (Phi) is 22.9. The lowest BCUT2D eigenvalue weighted by atomic mass is 10.1. The van der Waals surface area contributed by atoms with Crippen LogP contribution in [0.4, 0.5) is 5.82 Å². The first-order valence-electron chi connectivity index (χ1n) is 19.7. The predicted octanol–water partition coefficient (Wildman–Crippen LogP) is 9.86. The van der Waals surface area contributed by atoms with Gasteiger partial charge in [-0.05, 0) is 42.4 Å². The van der Waals surface area contributed by atoms with Gasteiger partial charge >= 0.3 is 15.6 Å². The minimum atomic E-state index is -5.07. The Bertz CT molecular complexity index is 1450. The van der Waals surface area contributed by atoms with Crippen molar-refractivity contribution in [1.82, 2.24) is 19.5 Å². The molecular formula is C35H64ClN5O9P2S2. The molecule has 5 N–H and O–H groups in total. The molecule has 0 aliphatic carbocycles. The fraction of sp³-hybridized carbons (Fsp3) is 0.857. The molecule has 1 fully saturated rings. The van der Waals surface area contributed by atoms with Crippen LogP contribution >= 0.6 is 50.8 Å². The van der Waals surface area contributed by atoms with Gasteiger partial charge in [-0.2, -0.15) is 37.8 Å². The monoisotopic (exact) mass is 859 g/mol. The Balaban J connectivity index is 1.35. The van der Waals surface area contributed by atoms with Crippen LogP contribution in [0.15, 0.2) is 6.33 Å². The number of unbranched alkanes of at least 4 members (excludes halogenated alkanes) is 13. The number of aromatic nitrogens is 4. The number of rotatable bonds is 31. The number of phosphoric acid groups is 2. The molecule has 2 aromatic rings. The van der Waals surface area contributed by atoms with Gasteiger partial charge in [0.15, 0.2) is 11.5 Å². The summed E-state index contributed by atoms with van der Waals surface area (Å²) in [6.45, 7) is 6.01. The van der Waals surface area contributed by atoms with Gasteiger partial charge in [-0.1, -0.05) is 111 Å². The second-order valence-electron chi connectivity index (χ2n) is 14.0. The molecule has 3 rings (SSSR count). The van der Waals surface area contributed by atoms with Gasteiger partial charge in [0.25, 0.3) is 0 Å². The first-order valence-corrected chi connectivity index (χ1v) is 25.2. The number of fused-ring (bicyclic) bond motifs is 1. The van der Waals surface area contributed by atoms with E-state index in [4.69, 9.17) is 31.1 Å². The van der Waals surface area contributed by atoms with E-state index in [9.17, 15) is 24.0 Å². The van der Waals surface area contributed by atoms with Gasteiger partial charge in [0.1, 0.15) is 17.8 Å². The zero-order valence-electron chi connectivity index (χ0n) is 32.3. The van der Waals surface area contributed by atoms with Crippen molar-refractivity contribution in [3.63, 3.8) is 0 Å². The SMILES string of the molecule is CCCCCCCCCCCCSC(CCCCCCC)C(C)SCCCOP(=O)(O)OP(=O)(O)OC[C@H]1O[C@@H](n2cnc3c(N)nc(Cl)nc32)C[C@@H]1O. The molecule has 14 nitrogen and oxygen atoms in total. The molecule has 0 spiro atoms. The van der Waals surface area contributed by atoms with Crippen LogP contribution in [0.2, 0.25) is 5.28 Å². The number of halogens is 1. The molecular weight excluding hydrogens is 796 g/mol. The highest BCUT2D eigenvalue weighted by atomic mass is 35.5. The fourth-order valence-corrected chi connectivity index (χ4v) is 11.4. The van der Waals surface area contributed by atoms with E-state index in [0.717, 1.165) is 0 Å². The number of aliphatic hydroxyl groups is 1. The molecule has 0 radical (unpaired) electrons. The quantitative estimate of drug-likeness (QED) is 0.0317. The van der Waals surface area contributed by atoms with Crippen molar-refractivity contribution in [3.05, 3.63) is 11.6 Å². The molecule has 19 heteroatoms. The molecule has 1 aliphatic heterocycles. The highest BCUT2D eigenvalue weighted by molar-refractivity contribution is 8.03. The molecule has 0 amide bonds. The Labute approximate surface area is 335 Å². The minimum Gasteiger partial charge on any atom is -0.390 e. The van der Waals surface area contributed by atoms with Gasteiger partial charge in [0, 0.05) is 16.9 Å². The van der Waals surface area contributed by atoms with Crippen LogP contribution in [-0.4, -0.2) is 81.8 Å². The fourth-order valence-electron chi connectivity index (χ4n) is 6.34. The van der Waals surface area contributed by atoms with E-state index >= 15 is 0 Å². The molecule has 0 bridgehead atoms. The van der Waals surface area contributed by atoms with Crippen molar-refractivity contribution in [1.29, 1.82) is 0 Å². The smallest absolute Gasteiger partial charge is 0.390 e. The van der Waals surface area contributed by atoms with Gasteiger partial charge in [0.2, 0.25) is 5.28 Å². The lowest BCUT2D eigenvalue weighted by Crippen LogP contribution is -2.26. The molecule has 0 saturated carbocycles. The van der Waals surface area contributed by atoms with Crippen LogP contribution in [0.3, 0.4) is 0 Å². The first kappa shape index (κ1) is 47.9. The van der Waals surface area contributed by atoms with Gasteiger partial charge in [-0.3, -0.25) is 13.6 Å². The van der Waals surface area contributed by atoms with Crippen molar-refractivity contribution in [3.8, 4) is 0 Å². The van der Waals surface area contributed by atoms with Gasteiger partial charge in [-0.15, -0.1) is 0 Å². The van der Waals surface area contributed by atoms with E-state index in [0.29, 0.717) is 28.2 Å². The number of nitrogen functional groups attached to an aromatic ring is 1. The summed E-state index contributed by atoms with van der Waals surface area (Å²) in [5, 5.41) is 11.4. The maximum atomic E-state index is 12.6. The summed E-state index contributed by atoms with van der Waals surface area (Å²) in [6, 6.07) is 0. The lowest BCUT2D eigenvalue weighted by Gasteiger charge is -2.24. The number of ether oxygens (including phenoxy) is 1. The van der Waals surface area contributed by atoms with Gasteiger partial charge in [-0.25, -0.2) is 14.1 Å². The van der Waals surface area contributed by atoms with Crippen molar-refractivity contribution < 1.29 is 42.1 Å². The zero-order valence-corrected chi connectivity index (χ0v) is 36.4. The van der Waals surface area contributed by atoms with E-state index < -0.39 is 40.7 Å². The average molecular weight is 860 g/mol. The molecule has 4 unspecified atom stereocenters. The number of hydrogen-bond acceptors (Lipinski definition) is 13. The highest BCUT2D eigenvalue weighted by Gasteiger charge is 2.40. The number of hydrogen-bond donors (Lipinski definition) is 4. The molecule has 3 heterocycles. The van der Waals surface area contributed by atoms with Crippen molar-refractivity contribution >= 4 is 67.8 Å². The van der Waals surface area contributed by atoms with Crippen molar-refractivity contribution in [2.24, 2.45) is 0 Å². The molecule has 0 aromatic carbocycles. The van der Waals surface area contributed by atoms with E-state index in [1.54, 1.807) is 0 Å². The van der Waals surface area contributed by atoms with Gasteiger partial charge < -0.3 is 25.4 Å². The third kappa shape index (κ3) is 18.0. The summed E-state index contributed by atoms with van der Waals surface area (Å²) in [5.41, 5.74) is 6.43. The molecule has 54 heavy (non-hydrogen) atoms. The maximum absolute atomic E-state index is 12.6. The second kappa shape index (κ2) is 25.8. The number of imidazole rings is 1. The standard InChI is InChI=1S/C35H64ClN5O9P2S2/c1-4-6-8-10-11-12-13-14-16-18-22-54-30(20-17-15-9-7-5-2)27(3)53-23-19-21-47-51(43,44)50-52(45,46)48-25-29-28(42)24-31(49-29)41-26-38-32-33(37)39-35(36)40-34(32)41/h26-31,42H,4-25H2,1-3H3,(H,43,44)(H,45,46)(H2,37,39,40)/t27?,28-,29+,30?,31+/m0/s1. The summed E-state index contributed by atoms with van der Waals surface area (Å²) in [7, 11) is -9.99. The minimum absolute atomic E-state index is 0.0631. The van der Waals surface area contributed by atoms with Crippen LogP contribution in [0.5, 0.6) is 0 Å². The number of phosphoric ester groups is 2. The predicted molar refractivity (Wildman–Crippen MR) is 220 cm³/mol. The second-order valence-corrected chi connectivity index (χ2v) is 20.2. The summed E-state index contributed by atoms with van der Waals surface area (Å²) in [4.78, 5) is 32.5. The Morgan fingerprint density at radius 3 is 2.17 bits per heavy atom. The molecule has 2 aromatic heterocycles. The Hall–Kier alpha value is -0.480. The number of thioether (sulfide) groups is 2. The summed E-state index contributed by atoms with van der Waals surface area (Å²) in [6.07, 6.45) is 19.8. The van der Waals surface area contributed by atoms with Crippen LogP contribution in [-0.2, 0) is 27.2 Å². The number of nitrogens with two attached hydrogens (primary N) is 1. The topological polar surface area (TPSA) is 201 Å². The summed E-state index contributed by atoms with van der Waals surface area (Å²) in [5.74, 6) is 1.95. The number of nitrogens with zero attached hydrogens (tertiary/aromatic N) is 4. The summed E-state index contributed by atoms with van der Waals surface area (Å²) < 4.78 is 46.8. The van der Waals surface area contributed by atoms with Crippen molar-refractivity contribution in [2.75, 3.05) is 30.5 Å². The third-order valence-corrected chi connectivity index (χ3v) is 15.4. The van der Waals surface area contributed by atoms with Crippen LogP contribution < -0.4 is 5.73 Å². The third-order valence-electron chi connectivity index (χ3n) is 9.41. The van der Waals surface area contributed by atoms with E-state index in [-0.39, 0.29) is 29.8 Å².